The number of hydrogen-bond acceptors (Lipinski definition) is 5. The van der Waals surface area contributed by atoms with E-state index in [9.17, 15) is 0 Å². The molecule has 0 radical (unpaired) electrons. The zero-order valence-corrected chi connectivity index (χ0v) is 16.0. The molecule has 1 aliphatic heterocycles. The predicted molar refractivity (Wildman–Crippen MR) is 102 cm³/mol. The molecule has 0 amide bonds. The highest BCUT2D eigenvalue weighted by molar-refractivity contribution is 6.31. The number of nitrogens with zero attached hydrogens (tertiary/aromatic N) is 2. The molecule has 0 aliphatic carbocycles. The summed E-state index contributed by atoms with van der Waals surface area (Å²) in [7, 11) is 0. The van der Waals surface area contributed by atoms with E-state index in [4.69, 9.17) is 25.8 Å². The van der Waals surface area contributed by atoms with Crippen molar-refractivity contribution in [2.24, 2.45) is 0 Å². The monoisotopic (exact) mass is 376 g/mol. The Kier molecular flexibility index (Phi) is 6.72. The predicted octanol–water partition coefficient (Wildman–Crippen LogP) is 4.28. The van der Waals surface area contributed by atoms with Crippen LogP contribution in [0, 0.1) is 0 Å². The molecular weight excluding hydrogens is 352 g/mol. The van der Waals surface area contributed by atoms with Crippen LogP contribution < -0.4 is 9.47 Å². The van der Waals surface area contributed by atoms with E-state index in [0.29, 0.717) is 10.8 Å². The molecule has 0 atom stereocenters. The van der Waals surface area contributed by atoms with Crippen LogP contribution in [0.5, 0.6) is 11.5 Å². The minimum Gasteiger partial charge on any atom is -0.454 e. The quantitative estimate of drug-likeness (QED) is 0.611. The average molecular weight is 377 g/mol. The highest BCUT2D eigenvalue weighted by atomic mass is 35.5. The highest BCUT2D eigenvalue weighted by Crippen LogP contribution is 2.37. The van der Waals surface area contributed by atoms with E-state index >= 15 is 0 Å². The lowest BCUT2D eigenvalue weighted by molar-refractivity contribution is 0.0693. The van der Waals surface area contributed by atoms with Crippen molar-refractivity contribution in [3.05, 3.63) is 52.8 Å². The number of fused-ring (bicyclic) bond motifs is 1. The van der Waals surface area contributed by atoms with E-state index < -0.39 is 0 Å². The van der Waals surface area contributed by atoms with Crippen LogP contribution >= 0.6 is 11.6 Å². The topological polar surface area (TPSA) is 43.8 Å². The molecule has 2 aromatic rings. The number of pyridine rings is 1. The lowest BCUT2D eigenvalue weighted by atomic mass is 10.1. The Labute approximate surface area is 159 Å². The Hall–Kier alpha value is -1.82. The SMILES string of the molecule is CC(C)OCCCN(Cc1ccncc1)Cc1cc2c(cc1Cl)OCO2. The third-order valence-electron chi connectivity index (χ3n) is 4.16. The van der Waals surface area contributed by atoms with Gasteiger partial charge in [-0.15, -0.1) is 0 Å². The van der Waals surface area contributed by atoms with Gasteiger partial charge in [0.15, 0.2) is 11.5 Å². The third-order valence-corrected chi connectivity index (χ3v) is 4.51. The van der Waals surface area contributed by atoms with Crippen molar-refractivity contribution in [2.45, 2.75) is 39.5 Å². The minimum absolute atomic E-state index is 0.252. The second-order valence-electron chi connectivity index (χ2n) is 6.64. The third kappa shape index (κ3) is 5.34. The van der Waals surface area contributed by atoms with Crippen LogP contribution in [0.2, 0.25) is 5.02 Å². The number of rotatable bonds is 9. The van der Waals surface area contributed by atoms with E-state index in [1.807, 2.05) is 36.7 Å². The van der Waals surface area contributed by atoms with Gasteiger partial charge in [-0.3, -0.25) is 9.88 Å². The molecule has 140 valence electrons. The molecule has 0 saturated heterocycles. The van der Waals surface area contributed by atoms with Crippen LogP contribution in [0.4, 0.5) is 0 Å². The van der Waals surface area contributed by atoms with Crippen LogP contribution in [0.3, 0.4) is 0 Å². The first-order chi connectivity index (χ1) is 12.6. The Balaban J connectivity index is 1.68. The summed E-state index contributed by atoms with van der Waals surface area (Å²) in [5.74, 6) is 1.47. The molecule has 26 heavy (non-hydrogen) atoms. The zero-order chi connectivity index (χ0) is 18.4. The molecule has 1 aromatic carbocycles. The Morgan fingerprint density at radius 2 is 1.88 bits per heavy atom. The molecule has 1 aromatic heterocycles. The van der Waals surface area contributed by atoms with Gasteiger partial charge in [0.1, 0.15) is 0 Å². The number of benzene rings is 1. The van der Waals surface area contributed by atoms with Gasteiger partial charge in [0, 0.05) is 49.7 Å². The summed E-state index contributed by atoms with van der Waals surface area (Å²) in [4.78, 5) is 6.46. The van der Waals surface area contributed by atoms with Crippen LogP contribution in [-0.4, -0.2) is 35.9 Å². The van der Waals surface area contributed by atoms with Gasteiger partial charge in [0.05, 0.1) is 6.10 Å². The second kappa shape index (κ2) is 9.21. The molecule has 2 heterocycles. The summed E-state index contributed by atoms with van der Waals surface area (Å²) in [5.41, 5.74) is 2.26. The molecule has 0 saturated carbocycles. The number of aromatic nitrogens is 1. The average Bonchev–Trinajstić information content (AvgIpc) is 3.06. The van der Waals surface area contributed by atoms with E-state index in [2.05, 4.69) is 23.7 Å². The van der Waals surface area contributed by atoms with Crippen LogP contribution in [0.15, 0.2) is 36.7 Å². The van der Waals surface area contributed by atoms with Crippen molar-refractivity contribution >= 4 is 11.6 Å². The maximum Gasteiger partial charge on any atom is 0.231 e. The van der Waals surface area contributed by atoms with Gasteiger partial charge in [0.2, 0.25) is 6.79 Å². The van der Waals surface area contributed by atoms with E-state index in [1.165, 1.54) is 5.56 Å². The van der Waals surface area contributed by atoms with Crippen molar-refractivity contribution in [1.82, 2.24) is 9.88 Å². The molecule has 1 aliphatic rings. The van der Waals surface area contributed by atoms with Gasteiger partial charge in [-0.25, -0.2) is 0 Å². The van der Waals surface area contributed by atoms with Gasteiger partial charge in [0.25, 0.3) is 0 Å². The van der Waals surface area contributed by atoms with E-state index in [-0.39, 0.29) is 12.9 Å². The fourth-order valence-corrected chi connectivity index (χ4v) is 3.10. The van der Waals surface area contributed by atoms with Crippen molar-refractivity contribution in [1.29, 1.82) is 0 Å². The minimum atomic E-state index is 0.252. The summed E-state index contributed by atoms with van der Waals surface area (Å²) < 4.78 is 16.6. The number of ether oxygens (including phenoxy) is 3. The van der Waals surface area contributed by atoms with Crippen molar-refractivity contribution in [2.75, 3.05) is 19.9 Å². The van der Waals surface area contributed by atoms with Crippen molar-refractivity contribution in [3.8, 4) is 11.5 Å². The van der Waals surface area contributed by atoms with E-state index in [0.717, 1.165) is 44.0 Å². The summed E-state index contributed by atoms with van der Waals surface area (Å²) in [6, 6.07) is 7.90. The van der Waals surface area contributed by atoms with Crippen LogP contribution in [-0.2, 0) is 17.8 Å². The van der Waals surface area contributed by atoms with Gasteiger partial charge in [-0.05, 0) is 49.6 Å². The smallest absolute Gasteiger partial charge is 0.231 e. The molecule has 0 spiro atoms. The number of halogens is 1. The zero-order valence-electron chi connectivity index (χ0n) is 15.3. The van der Waals surface area contributed by atoms with Crippen LogP contribution in [0.25, 0.3) is 0 Å². The maximum atomic E-state index is 6.46. The largest absolute Gasteiger partial charge is 0.454 e. The summed E-state index contributed by atoms with van der Waals surface area (Å²) in [5, 5.41) is 0.701. The maximum absolute atomic E-state index is 6.46. The van der Waals surface area contributed by atoms with Gasteiger partial charge in [-0.1, -0.05) is 11.6 Å². The Morgan fingerprint density at radius 3 is 2.62 bits per heavy atom. The van der Waals surface area contributed by atoms with Gasteiger partial charge >= 0.3 is 0 Å². The standard InChI is InChI=1S/C20H25ClN2O3/c1-15(2)24-9-3-8-23(12-16-4-6-22-7-5-16)13-17-10-19-20(11-18(17)21)26-14-25-19/h4-7,10-11,15H,3,8-9,12-14H2,1-2H3. The normalized spacial score (nSPS) is 13.0. The molecule has 0 bridgehead atoms. The molecule has 6 heteroatoms. The van der Waals surface area contributed by atoms with Crippen molar-refractivity contribution < 1.29 is 14.2 Å². The van der Waals surface area contributed by atoms with Gasteiger partial charge in [-0.2, -0.15) is 0 Å². The lowest BCUT2D eigenvalue weighted by Crippen LogP contribution is -2.25. The molecule has 0 N–H and O–H groups in total. The summed E-state index contributed by atoms with van der Waals surface area (Å²) in [6.07, 6.45) is 4.86. The Morgan fingerprint density at radius 1 is 1.15 bits per heavy atom. The summed E-state index contributed by atoms with van der Waals surface area (Å²) in [6.45, 7) is 7.60. The van der Waals surface area contributed by atoms with Gasteiger partial charge < -0.3 is 14.2 Å². The van der Waals surface area contributed by atoms with Crippen LogP contribution in [0.1, 0.15) is 31.4 Å². The Bertz CT molecular complexity index is 710. The molecule has 0 unspecified atom stereocenters. The highest BCUT2D eigenvalue weighted by Gasteiger charge is 2.18. The van der Waals surface area contributed by atoms with E-state index in [1.54, 1.807) is 0 Å². The molecular formula is C20H25ClN2O3. The first kappa shape index (κ1) is 19.0. The molecule has 3 rings (SSSR count). The lowest BCUT2D eigenvalue weighted by Gasteiger charge is -2.23. The fraction of sp³-hybridized carbons (Fsp3) is 0.450. The second-order valence-corrected chi connectivity index (χ2v) is 7.04. The first-order valence-corrected chi connectivity index (χ1v) is 9.30. The molecule has 0 fully saturated rings. The number of hydrogen-bond donors (Lipinski definition) is 0. The van der Waals surface area contributed by atoms with Crippen molar-refractivity contribution in [3.63, 3.8) is 0 Å². The summed E-state index contributed by atoms with van der Waals surface area (Å²) >= 11 is 6.46. The molecule has 5 nitrogen and oxygen atoms in total. The fourth-order valence-electron chi connectivity index (χ4n) is 2.89. The first-order valence-electron chi connectivity index (χ1n) is 8.92.